The Kier molecular flexibility index (Phi) is 6.30. The largest absolute Gasteiger partial charge is 0.507 e. The molecule has 9 heteroatoms. The molecule has 1 aromatic heterocycles. The highest BCUT2D eigenvalue weighted by Gasteiger charge is 2.28. The minimum Gasteiger partial charge on any atom is -0.507 e. The number of piperazine rings is 1. The van der Waals surface area contributed by atoms with Gasteiger partial charge < -0.3 is 10.0 Å². The number of hydrogen-bond donors (Lipinski definition) is 1. The Bertz CT molecular complexity index is 1220. The highest BCUT2D eigenvalue weighted by atomic mass is 32.2. The van der Waals surface area contributed by atoms with E-state index in [4.69, 9.17) is 0 Å². The summed E-state index contributed by atoms with van der Waals surface area (Å²) in [4.78, 5) is 11.2. The zero-order valence-electron chi connectivity index (χ0n) is 18.3. The molecule has 32 heavy (non-hydrogen) atoms. The number of benzene rings is 2. The molecule has 2 heterocycles. The van der Waals surface area contributed by atoms with Crippen molar-refractivity contribution in [2.24, 2.45) is 0 Å². The second kappa shape index (κ2) is 8.99. The van der Waals surface area contributed by atoms with Crippen LogP contribution in [0, 0.1) is 12.7 Å². The maximum Gasteiger partial charge on any atom is 0.214 e. The Morgan fingerprint density at radius 3 is 2.53 bits per heavy atom. The number of anilines is 1. The average Bonchev–Trinajstić information content (AvgIpc) is 2.77. The van der Waals surface area contributed by atoms with Crippen molar-refractivity contribution in [2.75, 3.05) is 36.8 Å². The third-order valence-electron chi connectivity index (χ3n) is 5.73. The first-order valence-electron chi connectivity index (χ1n) is 10.8. The van der Waals surface area contributed by atoms with Crippen molar-refractivity contribution in [1.29, 1.82) is 0 Å². The minimum absolute atomic E-state index is 0.0436. The normalized spacial score (nSPS) is 15.4. The predicted octanol–water partition coefficient (Wildman–Crippen LogP) is 3.70. The van der Waals surface area contributed by atoms with Crippen LogP contribution in [0.25, 0.3) is 22.3 Å². The van der Waals surface area contributed by atoms with E-state index in [0.717, 1.165) is 17.4 Å². The molecule has 0 aliphatic carbocycles. The monoisotopic (exact) mass is 458 g/mol. The summed E-state index contributed by atoms with van der Waals surface area (Å²) in [5.41, 5.74) is 1.60. The van der Waals surface area contributed by atoms with Crippen molar-refractivity contribution in [2.45, 2.75) is 26.7 Å². The lowest BCUT2D eigenvalue weighted by molar-refractivity contribution is 0.383. The van der Waals surface area contributed by atoms with E-state index in [2.05, 4.69) is 9.97 Å². The Morgan fingerprint density at radius 2 is 1.84 bits per heavy atom. The van der Waals surface area contributed by atoms with E-state index in [-0.39, 0.29) is 22.9 Å². The van der Waals surface area contributed by atoms with E-state index in [9.17, 15) is 17.9 Å². The second-order valence-corrected chi connectivity index (χ2v) is 10.2. The number of nitrogens with zero attached hydrogens (tertiary/aromatic N) is 4. The summed E-state index contributed by atoms with van der Waals surface area (Å²) in [7, 11) is -3.27. The highest BCUT2D eigenvalue weighted by Crippen LogP contribution is 2.34. The third kappa shape index (κ3) is 4.40. The summed E-state index contributed by atoms with van der Waals surface area (Å²) < 4.78 is 41.2. The molecule has 4 rings (SSSR count). The van der Waals surface area contributed by atoms with Gasteiger partial charge in [-0.25, -0.2) is 22.8 Å². The number of aromatic hydroxyl groups is 1. The summed E-state index contributed by atoms with van der Waals surface area (Å²) in [6.45, 7) is 5.58. The maximum atomic E-state index is 14.5. The Morgan fingerprint density at radius 1 is 1.09 bits per heavy atom. The molecule has 170 valence electrons. The van der Waals surface area contributed by atoms with E-state index in [1.165, 1.54) is 22.5 Å². The average molecular weight is 459 g/mol. The SMILES string of the molecule is CCCCS(=O)(=O)N1CCN(c2nc(-c3c(O)cccc3F)nc3cc(C)ccc23)CC1. The molecule has 1 aliphatic heterocycles. The van der Waals surface area contributed by atoms with E-state index in [0.29, 0.717) is 43.9 Å². The van der Waals surface area contributed by atoms with E-state index < -0.39 is 15.8 Å². The van der Waals surface area contributed by atoms with Crippen LogP contribution in [0.5, 0.6) is 5.75 Å². The molecule has 1 aliphatic rings. The van der Waals surface area contributed by atoms with E-state index in [1.54, 1.807) is 0 Å². The van der Waals surface area contributed by atoms with Gasteiger partial charge in [-0.05, 0) is 43.2 Å². The molecule has 1 fully saturated rings. The van der Waals surface area contributed by atoms with Crippen molar-refractivity contribution < 1.29 is 17.9 Å². The summed E-state index contributed by atoms with van der Waals surface area (Å²) >= 11 is 0. The first kappa shape index (κ1) is 22.4. The Labute approximate surface area is 187 Å². The van der Waals surface area contributed by atoms with Crippen molar-refractivity contribution in [3.63, 3.8) is 0 Å². The predicted molar refractivity (Wildman–Crippen MR) is 124 cm³/mol. The van der Waals surface area contributed by atoms with Gasteiger partial charge in [-0.1, -0.05) is 25.5 Å². The van der Waals surface area contributed by atoms with Gasteiger partial charge in [0.25, 0.3) is 0 Å². The van der Waals surface area contributed by atoms with Crippen LogP contribution >= 0.6 is 0 Å². The summed E-state index contributed by atoms with van der Waals surface area (Å²) in [6.07, 6.45) is 1.48. The fourth-order valence-corrected chi connectivity index (χ4v) is 5.58. The minimum atomic E-state index is -3.27. The van der Waals surface area contributed by atoms with Crippen molar-refractivity contribution in [1.82, 2.24) is 14.3 Å². The molecule has 7 nitrogen and oxygen atoms in total. The van der Waals surface area contributed by atoms with Gasteiger partial charge in [0.05, 0.1) is 16.8 Å². The Balaban J connectivity index is 1.72. The third-order valence-corrected chi connectivity index (χ3v) is 7.69. The van der Waals surface area contributed by atoms with Gasteiger partial charge in [0, 0.05) is 31.6 Å². The number of phenols is 1. The summed E-state index contributed by atoms with van der Waals surface area (Å²) in [5, 5.41) is 11.1. The fraction of sp³-hybridized carbons (Fsp3) is 0.391. The van der Waals surface area contributed by atoms with Crippen LogP contribution in [0.3, 0.4) is 0 Å². The summed E-state index contributed by atoms with van der Waals surface area (Å²) in [6, 6.07) is 9.88. The maximum absolute atomic E-state index is 14.5. The fourth-order valence-electron chi connectivity index (χ4n) is 3.94. The molecule has 0 atom stereocenters. The van der Waals surface area contributed by atoms with Crippen LogP contribution < -0.4 is 4.90 Å². The lowest BCUT2D eigenvalue weighted by Crippen LogP contribution is -2.49. The quantitative estimate of drug-likeness (QED) is 0.606. The number of halogens is 1. The Hall–Kier alpha value is -2.78. The summed E-state index contributed by atoms with van der Waals surface area (Å²) in [5.74, 6) is 0.0465. The van der Waals surface area contributed by atoms with Crippen molar-refractivity contribution in [3.8, 4) is 17.1 Å². The van der Waals surface area contributed by atoms with Crippen LogP contribution in [0.15, 0.2) is 36.4 Å². The number of unbranched alkanes of at least 4 members (excludes halogenated alkanes) is 1. The number of rotatable bonds is 6. The first-order valence-corrected chi connectivity index (χ1v) is 12.4. The first-order chi connectivity index (χ1) is 15.3. The van der Waals surface area contributed by atoms with Crippen LogP contribution in [-0.4, -0.2) is 59.7 Å². The number of phenolic OH excluding ortho intramolecular Hbond substituents is 1. The van der Waals surface area contributed by atoms with Crippen LogP contribution in [0.2, 0.25) is 0 Å². The van der Waals surface area contributed by atoms with Crippen LogP contribution in [0.1, 0.15) is 25.3 Å². The molecule has 1 N–H and O–H groups in total. The van der Waals surface area contributed by atoms with E-state index >= 15 is 0 Å². The smallest absolute Gasteiger partial charge is 0.214 e. The molecular formula is C23H27FN4O3S. The van der Waals surface area contributed by atoms with Gasteiger partial charge in [0.1, 0.15) is 17.4 Å². The zero-order chi connectivity index (χ0) is 22.9. The molecule has 2 aromatic carbocycles. The molecule has 0 saturated carbocycles. The molecule has 0 bridgehead atoms. The molecule has 0 spiro atoms. The molecule has 1 saturated heterocycles. The standard InChI is InChI=1S/C23H27FN4O3S/c1-3-4-14-32(30,31)28-12-10-27(11-13-28)23-17-9-8-16(2)15-19(17)25-22(26-23)21-18(24)6-5-7-20(21)29/h5-9,15,29H,3-4,10-14H2,1-2H3. The van der Waals surface area contributed by atoms with Crippen molar-refractivity contribution in [3.05, 3.63) is 47.8 Å². The number of sulfonamides is 1. The van der Waals surface area contributed by atoms with Gasteiger partial charge in [0.2, 0.25) is 10.0 Å². The lowest BCUT2D eigenvalue weighted by Gasteiger charge is -2.35. The highest BCUT2D eigenvalue weighted by molar-refractivity contribution is 7.89. The van der Waals surface area contributed by atoms with E-state index in [1.807, 2.05) is 36.9 Å². The molecular weight excluding hydrogens is 431 g/mol. The number of aromatic nitrogens is 2. The topological polar surface area (TPSA) is 86.6 Å². The van der Waals surface area contributed by atoms with Crippen LogP contribution in [0.4, 0.5) is 10.2 Å². The zero-order valence-corrected chi connectivity index (χ0v) is 19.1. The van der Waals surface area contributed by atoms with Gasteiger partial charge in [-0.2, -0.15) is 4.31 Å². The lowest BCUT2D eigenvalue weighted by atomic mass is 10.1. The number of fused-ring (bicyclic) bond motifs is 1. The van der Waals surface area contributed by atoms with Crippen LogP contribution in [-0.2, 0) is 10.0 Å². The second-order valence-electron chi connectivity index (χ2n) is 8.08. The molecule has 3 aromatic rings. The number of hydrogen-bond acceptors (Lipinski definition) is 6. The molecule has 0 amide bonds. The molecule has 0 radical (unpaired) electrons. The van der Waals surface area contributed by atoms with Gasteiger partial charge in [0.15, 0.2) is 5.82 Å². The van der Waals surface area contributed by atoms with Crippen molar-refractivity contribution >= 4 is 26.7 Å². The van der Waals surface area contributed by atoms with Gasteiger partial charge in [-0.15, -0.1) is 0 Å². The van der Waals surface area contributed by atoms with Gasteiger partial charge >= 0.3 is 0 Å². The molecule has 0 unspecified atom stereocenters. The van der Waals surface area contributed by atoms with Gasteiger partial charge in [-0.3, -0.25) is 0 Å². The number of aryl methyl sites for hydroxylation is 1.